The summed E-state index contributed by atoms with van der Waals surface area (Å²) in [4.78, 5) is 25.5. The van der Waals surface area contributed by atoms with E-state index in [1.807, 2.05) is 19.9 Å². The summed E-state index contributed by atoms with van der Waals surface area (Å²) < 4.78 is 10.6. The van der Waals surface area contributed by atoms with Crippen molar-refractivity contribution >= 4 is 28.1 Å². The molecule has 2 heterocycles. The molecule has 0 spiro atoms. The molecule has 0 amide bonds. The Balaban J connectivity index is 1.77. The zero-order chi connectivity index (χ0) is 15.7. The van der Waals surface area contributed by atoms with Gasteiger partial charge >= 0.3 is 5.63 Å². The third-order valence-electron chi connectivity index (χ3n) is 3.31. The largest absolute Gasteiger partial charge is 0.485 e. The summed E-state index contributed by atoms with van der Waals surface area (Å²) in [5.41, 5.74) is 0.736. The number of carbonyl (C=O) groups excluding carboxylic acids is 1. The highest BCUT2D eigenvalue weighted by atomic mass is 32.1. The molecule has 0 aliphatic rings. The molecule has 4 nitrogen and oxygen atoms in total. The van der Waals surface area contributed by atoms with Crippen LogP contribution in [0, 0.1) is 13.8 Å². The SMILES string of the molecule is Cc1cc(C(=O)COc2ccc3ccc(=O)oc3c2)c(C)s1. The van der Waals surface area contributed by atoms with Crippen LogP contribution in [0.3, 0.4) is 0 Å². The first-order valence-corrected chi connectivity index (χ1v) is 7.61. The molecule has 0 saturated heterocycles. The van der Waals surface area contributed by atoms with E-state index in [0.717, 1.165) is 15.1 Å². The predicted octanol–water partition coefficient (Wildman–Crippen LogP) is 3.73. The van der Waals surface area contributed by atoms with Crippen LogP contribution >= 0.6 is 11.3 Å². The molecule has 5 heteroatoms. The summed E-state index contributed by atoms with van der Waals surface area (Å²) >= 11 is 1.60. The van der Waals surface area contributed by atoms with Crippen LogP contribution in [0.2, 0.25) is 0 Å². The summed E-state index contributed by atoms with van der Waals surface area (Å²) in [6.45, 7) is 3.86. The van der Waals surface area contributed by atoms with Crippen LogP contribution < -0.4 is 10.4 Å². The van der Waals surface area contributed by atoms with Gasteiger partial charge in [-0.15, -0.1) is 11.3 Å². The summed E-state index contributed by atoms with van der Waals surface area (Å²) in [5.74, 6) is 0.441. The lowest BCUT2D eigenvalue weighted by molar-refractivity contribution is 0.0921. The number of hydrogen-bond acceptors (Lipinski definition) is 5. The van der Waals surface area contributed by atoms with Gasteiger partial charge in [-0.05, 0) is 38.1 Å². The fourth-order valence-electron chi connectivity index (χ4n) is 2.27. The molecule has 0 aliphatic heterocycles. The molecule has 3 aromatic rings. The number of aryl methyl sites for hydroxylation is 2. The highest BCUT2D eigenvalue weighted by Gasteiger charge is 2.13. The van der Waals surface area contributed by atoms with Crippen LogP contribution in [-0.2, 0) is 0 Å². The number of thiophene rings is 1. The number of rotatable bonds is 4. The molecule has 2 aromatic heterocycles. The van der Waals surface area contributed by atoms with Crippen LogP contribution in [0.1, 0.15) is 20.1 Å². The number of benzene rings is 1. The molecular formula is C17H14O4S. The minimum Gasteiger partial charge on any atom is -0.485 e. The first-order chi connectivity index (χ1) is 10.5. The van der Waals surface area contributed by atoms with Gasteiger partial charge in [0.1, 0.15) is 11.3 Å². The fraction of sp³-hybridized carbons (Fsp3) is 0.176. The maximum atomic E-state index is 12.2. The van der Waals surface area contributed by atoms with Gasteiger partial charge in [-0.3, -0.25) is 4.79 Å². The predicted molar refractivity (Wildman–Crippen MR) is 86.1 cm³/mol. The molecule has 22 heavy (non-hydrogen) atoms. The fourth-order valence-corrected chi connectivity index (χ4v) is 3.21. The molecule has 0 fully saturated rings. The van der Waals surface area contributed by atoms with Gasteiger partial charge in [-0.2, -0.15) is 0 Å². The Morgan fingerprint density at radius 3 is 2.68 bits per heavy atom. The third kappa shape index (κ3) is 2.94. The molecular weight excluding hydrogens is 300 g/mol. The topological polar surface area (TPSA) is 56.5 Å². The van der Waals surface area contributed by atoms with Crippen LogP contribution in [-0.4, -0.2) is 12.4 Å². The van der Waals surface area contributed by atoms with Crippen molar-refractivity contribution in [2.45, 2.75) is 13.8 Å². The maximum Gasteiger partial charge on any atom is 0.336 e. The summed E-state index contributed by atoms with van der Waals surface area (Å²) in [6, 6.07) is 10.1. The van der Waals surface area contributed by atoms with Crippen molar-refractivity contribution < 1.29 is 13.9 Å². The van der Waals surface area contributed by atoms with Crippen molar-refractivity contribution in [3.63, 3.8) is 0 Å². The highest BCUT2D eigenvalue weighted by Crippen LogP contribution is 2.22. The lowest BCUT2D eigenvalue weighted by Crippen LogP contribution is -2.11. The zero-order valence-corrected chi connectivity index (χ0v) is 13.0. The van der Waals surface area contributed by atoms with E-state index in [1.165, 1.54) is 6.07 Å². The van der Waals surface area contributed by atoms with Crippen LogP contribution in [0.4, 0.5) is 0 Å². The van der Waals surface area contributed by atoms with Crippen molar-refractivity contribution in [3.8, 4) is 5.75 Å². The number of Topliss-reactive ketones (excluding diaryl/α,β-unsaturated/α-hetero) is 1. The summed E-state index contributed by atoms with van der Waals surface area (Å²) in [7, 11) is 0. The van der Waals surface area contributed by atoms with Gasteiger partial charge in [-0.1, -0.05) is 0 Å². The van der Waals surface area contributed by atoms with E-state index in [0.29, 0.717) is 16.9 Å². The molecule has 0 unspecified atom stereocenters. The van der Waals surface area contributed by atoms with Gasteiger partial charge in [-0.25, -0.2) is 4.79 Å². The number of hydrogen-bond donors (Lipinski definition) is 0. The van der Waals surface area contributed by atoms with Gasteiger partial charge in [0.05, 0.1) is 0 Å². The molecule has 0 bridgehead atoms. The molecule has 0 radical (unpaired) electrons. The van der Waals surface area contributed by atoms with Gasteiger partial charge in [0.2, 0.25) is 5.78 Å². The minimum atomic E-state index is -0.412. The van der Waals surface area contributed by atoms with Crippen LogP contribution in [0.5, 0.6) is 5.75 Å². The third-order valence-corrected chi connectivity index (χ3v) is 4.27. The molecule has 3 rings (SSSR count). The normalized spacial score (nSPS) is 10.8. The van der Waals surface area contributed by atoms with Crippen molar-refractivity contribution in [1.29, 1.82) is 0 Å². The summed E-state index contributed by atoms with van der Waals surface area (Å²) in [6.07, 6.45) is 0. The summed E-state index contributed by atoms with van der Waals surface area (Å²) in [5, 5.41) is 0.808. The lowest BCUT2D eigenvalue weighted by Gasteiger charge is -2.06. The van der Waals surface area contributed by atoms with E-state index in [1.54, 1.807) is 35.6 Å². The lowest BCUT2D eigenvalue weighted by atomic mass is 10.2. The smallest absolute Gasteiger partial charge is 0.336 e. The molecule has 0 saturated carbocycles. The van der Waals surface area contributed by atoms with Gasteiger partial charge in [0.25, 0.3) is 0 Å². The quantitative estimate of drug-likeness (QED) is 0.544. The first kappa shape index (κ1) is 14.5. The minimum absolute atomic E-state index is 0.0421. The monoisotopic (exact) mass is 314 g/mol. The van der Waals surface area contributed by atoms with Crippen LogP contribution in [0.25, 0.3) is 11.0 Å². The number of ether oxygens (including phenoxy) is 1. The molecule has 0 N–H and O–H groups in total. The average molecular weight is 314 g/mol. The molecule has 0 atom stereocenters. The highest BCUT2D eigenvalue weighted by molar-refractivity contribution is 7.12. The number of carbonyl (C=O) groups is 1. The Labute approximate surface area is 131 Å². The van der Waals surface area contributed by atoms with Gasteiger partial charge in [0.15, 0.2) is 6.61 Å². The van der Waals surface area contributed by atoms with Crippen molar-refractivity contribution in [2.24, 2.45) is 0 Å². The Bertz CT molecular complexity index is 904. The molecule has 0 aliphatic carbocycles. The van der Waals surface area contributed by atoms with E-state index < -0.39 is 5.63 Å². The molecule has 1 aromatic carbocycles. The number of ketones is 1. The Kier molecular flexibility index (Phi) is 3.81. The van der Waals surface area contributed by atoms with E-state index >= 15 is 0 Å². The Morgan fingerprint density at radius 1 is 1.18 bits per heavy atom. The average Bonchev–Trinajstić information content (AvgIpc) is 2.83. The van der Waals surface area contributed by atoms with Gasteiger partial charge in [0, 0.05) is 32.8 Å². The van der Waals surface area contributed by atoms with E-state index in [2.05, 4.69) is 0 Å². The Hall–Kier alpha value is -2.40. The van der Waals surface area contributed by atoms with Crippen molar-refractivity contribution in [2.75, 3.05) is 6.61 Å². The zero-order valence-electron chi connectivity index (χ0n) is 12.2. The van der Waals surface area contributed by atoms with Crippen molar-refractivity contribution in [3.05, 3.63) is 62.1 Å². The van der Waals surface area contributed by atoms with E-state index in [-0.39, 0.29) is 12.4 Å². The standard InChI is InChI=1S/C17H14O4S/c1-10-7-14(11(2)22-10)15(18)9-20-13-5-3-12-4-6-17(19)21-16(12)8-13/h3-8H,9H2,1-2H3. The second kappa shape index (κ2) is 5.77. The second-order valence-corrected chi connectivity index (χ2v) is 6.45. The van der Waals surface area contributed by atoms with Crippen molar-refractivity contribution in [1.82, 2.24) is 0 Å². The van der Waals surface area contributed by atoms with Gasteiger partial charge < -0.3 is 9.15 Å². The van der Waals surface area contributed by atoms with E-state index in [4.69, 9.17) is 9.15 Å². The Morgan fingerprint density at radius 2 is 1.95 bits per heavy atom. The molecule has 112 valence electrons. The number of fused-ring (bicyclic) bond motifs is 1. The first-order valence-electron chi connectivity index (χ1n) is 6.80. The second-order valence-electron chi connectivity index (χ2n) is 4.99. The maximum absolute atomic E-state index is 12.2. The van der Waals surface area contributed by atoms with E-state index in [9.17, 15) is 9.59 Å². The van der Waals surface area contributed by atoms with Crippen LogP contribution in [0.15, 0.2) is 45.6 Å².